The van der Waals surface area contributed by atoms with Crippen molar-refractivity contribution in [2.24, 2.45) is 0 Å². The van der Waals surface area contributed by atoms with E-state index in [1.807, 2.05) is 21.1 Å². The number of likely N-dealkylation sites (N-methyl/N-ethyl adjacent to an activating group) is 1. The molecule has 0 bridgehead atoms. The molecular formula is C72H136NO8+. The van der Waals surface area contributed by atoms with Crippen molar-refractivity contribution in [1.29, 1.82) is 0 Å². The van der Waals surface area contributed by atoms with Gasteiger partial charge in [-0.3, -0.25) is 9.59 Å². The Bertz CT molecular complexity index is 1420. The number of carboxylic acids is 1. The Balaban J connectivity index is 3.92. The van der Waals surface area contributed by atoms with Gasteiger partial charge in [0, 0.05) is 12.8 Å². The monoisotopic (exact) mass is 1140 g/mol. The zero-order valence-corrected chi connectivity index (χ0v) is 54.5. The fourth-order valence-electron chi connectivity index (χ4n) is 10.5. The first-order valence-corrected chi connectivity index (χ1v) is 35.2. The van der Waals surface area contributed by atoms with E-state index in [0.717, 1.165) is 51.4 Å². The highest BCUT2D eigenvalue weighted by molar-refractivity contribution is 5.71. The molecule has 0 aromatic rings. The van der Waals surface area contributed by atoms with Gasteiger partial charge in [0.25, 0.3) is 6.29 Å². The quantitative estimate of drug-likeness (QED) is 0.0211. The van der Waals surface area contributed by atoms with E-state index in [-0.39, 0.29) is 32.2 Å². The van der Waals surface area contributed by atoms with E-state index in [1.165, 1.54) is 263 Å². The Hall–Kier alpha value is -2.49. The first-order valence-electron chi connectivity index (χ1n) is 35.2. The van der Waals surface area contributed by atoms with E-state index < -0.39 is 24.3 Å². The van der Waals surface area contributed by atoms with Gasteiger partial charge in [-0.15, -0.1) is 0 Å². The zero-order valence-electron chi connectivity index (χ0n) is 54.5. The third-order valence-electron chi connectivity index (χ3n) is 15.9. The van der Waals surface area contributed by atoms with Crippen molar-refractivity contribution >= 4 is 17.9 Å². The molecule has 0 amide bonds. The topological polar surface area (TPSA) is 108 Å². The summed E-state index contributed by atoms with van der Waals surface area (Å²) in [4.78, 5) is 37.5. The minimum absolute atomic E-state index is 0.181. The normalized spacial score (nSPS) is 12.9. The number of ether oxygens (including phenoxy) is 4. The van der Waals surface area contributed by atoms with Crippen LogP contribution in [-0.2, 0) is 33.3 Å². The number of carboxylic acid groups (broad SMARTS) is 1. The number of aliphatic carboxylic acids is 1. The second-order valence-electron chi connectivity index (χ2n) is 25.2. The van der Waals surface area contributed by atoms with Crippen molar-refractivity contribution in [3.8, 4) is 0 Å². The van der Waals surface area contributed by atoms with E-state index in [2.05, 4.69) is 50.3 Å². The Kier molecular flexibility index (Phi) is 61.6. The average Bonchev–Trinajstić information content (AvgIpc) is 3.44. The molecule has 1 N–H and O–H groups in total. The number of unbranched alkanes of at least 4 members (excludes halogenated alkanes) is 45. The summed E-state index contributed by atoms with van der Waals surface area (Å²) in [5.74, 6) is -1.99. The van der Waals surface area contributed by atoms with Crippen LogP contribution in [0.3, 0.4) is 0 Å². The highest BCUT2D eigenvalue weighted by Gasteiger charge is 2.25. The van der Waals surface area contributed by atoms with Gasteiger partial charge < -0.3 is 28.5 Å². The summed E-state index contributed by atoms with van der Waals surface area (Å²) in [6, 6.07) is 0. The summed E-state index contributed by atoms with van der Waals surface area (Å²) in [5.41, 5.74) is 0. The van der Waals surface area contributed by atoms with E-state index in [4.69, 9.17) is 18.9 Å². The van der Waals surface area contributed by atoms with Gasteiger partial charge in [0.2, 0.25) is 0 Å². The number of carbonyl (C=O) groups is 3. The van der Waals surface area contributed by atoms with Crippen molar-refractivity contribution < 1.29 is 42.9 Å². The van der Waals surface area contributed by atoms with Crippen LogP contribution in [0.1, 0.15) is 348 Å². The van der Waals surface area contributed by atoms with E-state index in [9.17, 15) is 19.5 Å². The number of rotatable bonds is 66. The van der Waals surface area contributed by atoms with Crippen molar-refractivity contribution in [1.82, 2.24) is 0 Å². The lowest BCUT2D eigenvalue weighted by Crippen LogP contribution is -2.40. The average molecular weight is 1140 g/mol. The van der Waals surface area contributed by atoms with Gasteiger partial charge >= 0.3 is 17.9 Å². The predicted molar refractivity (Wildman–Crippen MR) is 346 cm³/mol. The number of carbonyl (C=O) groups excluding carboxylic acids is 2. The summed E-state index contributed by atoms with van der Waals surface area (Å²) in [7, 11) is 5.98. The van der Waals surface area contributed by atoms with Crippen LogP contribution in [0, 0.1) is 0 Å². The molecule has 0 spiro atoms. The standard InChI is InChI=1S/C72H135NO8/c1-6-8-10-12-14-16-18-20-22-24-25-26-27-28-29-30-31-32-33-34-35-36-37-38-39-40-41-42-43-44-45-47-48-50-52-54-56-58-60-62-69(74)79-66-68(67-80-72(71(76)77)78-65-64-73(3,4)5)81-70(75)63-61-59-57-55-53-51-49-46-23-21-19-17-15-13-11-9-7-2/h15,17,21,23-25,68,72H,6-14,16,18-20,22,26-67H2,1-5H3/p+1/b17-15-,23-21-,25-24-. The molecule has 81 heavy (non-hydrogen) atoms. The largest absolute Gasteiger partial charge is 0.477 e. The first-order chi connectivity index (χ1) is 39.6. The predicted octanol–water partition coefficient (Wildman–Crippen LogP) is 21.6. The molecule has 0 radical (unpaired) electrons. The molecule has 0 saturated carbocycles. The van der Waals surface area contributed by atoms with Crippen molar-refractivity contribution in [3.63, 3.8) is 0 Å². The maximum atomic E-state index is 12.9. The molecule has 0 aliphatic carbocycles. The lowest BCUT2D eigenvalue weighted by molar-refractivity contribution is -0.870. The Labute approximate surface area is 502 Å². The lowest BCUT2D eigenvalue weighted by Gasteiger charge is -2.25. The summed E-state index contributed by atoms with van der Waals surface area (Å²) in [6.45, 7) is 4.89. The highest BCUT2D eigenvalue weighted by Crippen LogP contribution is 2.19. The van der Waals surface area contributed by atoms with Gasteiger partial charge in [-0.1, -0.05) is 301 Å². The van der Waals surface area contributed by atoms with Crippen LogP contribution in [0.15, 0.2) is 36.5 Å². The highest BCUT2D eigenvalue weighted by atomic mass is 16.7. The van der Waals surface area contributed by atoms with Crippen LogP contribution in [-0.4, -0.2) is 87.4 Å². The van der Waals surface area contributed by atoms with Gasteiger partial charge in [0.05, 0.1) is 34.4 Å². The maximum absolute atomic E-state index is 12.9. The van der Waals surface area contributed by atoms with E-state index >= 15 is 0 Å². The molecule has 9 heteroatoms. The van der Waals surface area contributed by atoms with Crippen LogP contribution >= 0.6 is 0 Å². The molecule has 0 heterocycles. The summed E-state index contributed by atoms with van der Waals surface area (Å²) >= 11 is 0. The zero-order chi connectivity index (χ0) is 59.1. The second kappa shape index (κ2) is 63.5. The third-order valence-corrected chi connectivity index (χ3v) is 15.9. The maximum Gasteiger partial charge on any atom is 0.361 e. The number of esters is 2. The fraction of sp³-hybridized carbons (Fsp3) is 0.875. The smallest absolute Gasteiger partial charge is 0.361 e. The number of nitrogens with zero attached hydrogens (tertiary/aromatic N) is 1. The van der Waals surface area contributed by atoms with Gasteiger partial charge in [0.15, 0.2) is 6.10 Å². The fourth-order valence-corrected chi connectivity index (χ4v) is 10.5. The summed E-state index contributed by atoms with van der Waals surface area (Å²) in [6.07, 6.45) is 77.1. The van der Waals surface area contributed by atoms with Gasteiger partial charge in [-0.2, -0.15) is 0 Å². The van der Waals surface area contributed by atoms with Crippen molar-refractivity contribution in [3.05, 3.63) is 36.5 Å². The van der Waals surface area contributed by atoms with Crippen LogP contribution in [0.2, 0.25) is 0 Å². The molecule has 476 valence electrons. The molecule has 2 unspecified atom stereocenters. The lowest BCUT2D eigenvalue weighted by atomic mass is 10.0. The molecule has 0 aromatic carbocycles. The van der Waals surface area contributed by atoms with Crippen molar-refractivity contribution in [2.75, 3.05) is 47.5 Å². The number of quaternary nitrogens is 1. The molecule has 9 nitrogen and oxygen atoms in total. The molecule has 0 aliphatic heterocycles. The van der Waals surface area contributed by atoms with Gasteiger partial charge in [0.1, 0.15) is 13.2 Å². The van der Waals surface area contributed by atoms with E-state index in [0.29, 0.717) is 23.9 Å². The molecule has 0 aromatic heterocycles. The van der Waals surface area contributed by atoms with Gasteiger partial charge in [-0.25, -0.2) is 4.79 Å². The molecule has 0 aliphatic rings. The third kappa shape index (κ3) is 64.9. The van der Waals surface area contributed by atoms with Gasteiger partial charge in [-0.05, 0) is 70.6 Å². The van der Waals surface area contributed by atoms with Crippen LogP contribution in [0.4, 0.5) is 0 Å². The van der Waals surface area contributed by atoms with Crippen LogP contribution in [0.5, 0.6) is 0 Å². The number of allylic oxidation sites excluding steroid dienone is 6. The summed E-state index contributed by atoms with van der Waals surface area (Å²) in [5, 5.41) is 9.72. The van der Waals surface area contributed by atoms with Crippen LogP contribution < -0.4 is 0 Å². The Morgan fingerprint density at radius 1 is 0.370 bits per heavy atom. The van der Waals surface area contributed by atoms with Crippen molar-refractivity contribution in [2.45, 2.75) is 360 Å². The summed E-state index contributed by atoms with van der Waals surface area (Å²) < 4.78 is 22.9. The number of hydrogen-bond donors (Lipinski definition) is 1. The molecule has 0 saturated heterocycles. The number of hydrogen-bond acceptors (Lipinski definition) is 7. The minimum atomic E-state index is -1.51. The molecule has 2 atom stereocenters. The molecule has 0 fully saturated rings. The Morgan fingerprint density at radius 2 is 0.667 bits per heavy atom. The minimum Gasteiger partial charge on any atom is -0.477 e. The first kappa shape index (κ1) is 78.5. The van der Waals surface area contributed by atoms with E-state index in [1.54, 1.807) is 0 Å². The van der Waals surface area contributed by atoms with Crippen LogP contribution in [0.25, 0.3) is 0 Å². The SMILES string of the molecule is CCCCC/C=C\C/C=C\CCCCCCCCCC(=O)OC(COC(=O)CCCCCCCCCCCCCCCCCCCCCCCCCCCCC/C=C\CCCCCCCCCC)COC(OCC[N+](C)(C)C)C(=O)O. The molecular weight excluding hydrogens is 1010 g/mol. The molecule has 0 rings (SSSR count). The second-order valence-corrected chi connectivity index (χ2v) is 25.2. The Morgan fingerprint density at radius 3 is 1.01 bits per heavy atom.